The largest absolute Gasteiger partial charge is 0.353 e. The molecule has 0 radical (unpaired) electrons. The maximum Gasteiger partial charge on any atom is 0.259 e. The molecule has 0 unspecified atom stereocenters. The van der Waals surface area contributed by atoms with Crippen molar-refractivity contribution in [3.63, 3.8) is 0 Å². The number of nitrogens with zero attached hydrogens (tertiary/aromatic N) is 5. The summed E-state index contributed by atoms with van der Waals surface area (Å²) in [6, 6.07) is 10.7. The minimum atomic E-state index is -0.849. The predicted octanol–water partition coefficient (Wildman–Crippen LogP) is 2.86. The Balaban J connectivity index is 1.42. The van der Waals surface area contributed by atoms with Crippen LogP contribution in [0.5, 0.6) is 0 Å². The molecule has 1 amide bonds. The van der Waals surface area contributed by atoms with Crippen molar-refractivity contribution in [1.82, 2.24) is 19.9 Å². The molecule has 9 heteroatoms. The lowest BCUT2D eigenvalue weighted by molar-refractivity contribution is 0.0736. The van der Waals surface area contributed by atoms with Gasteiger partial charge in [-0.2, -0.15) is 0 Å². The van der Waals surface area contributed by atoms with Crippen LogP contribution in [0.1, 0.15) is 10.4 Å². The molecule has 1 aliphatic rings. The molecule has 0 bridgehead atoms. The third kappa shape index (κ3) is 4.13. The zero-order valence-electron chi connectivity index (χ0n) is 15.4. The van der Waals surface area contributed by atoms with Crippen LogP contribution in [0.15, 0.2) is 55.0 Å². The molecule has 0 saturated carbocycles. The first-order valence-corrected chi connectivity index (χ1v) is 9.10. The SMILES string of the molecule is O=C(c1c(F)cccc1F)N1CCN(c2cc(Nc3ccccn3)ncn2)CC1. The van der Waals surface area contributed by atoms with E-state index >= 15 is 0 Å². The Morgan fingerprint density at radius 1 is 0.897 bits per heavy atom. The van der Waals surface area contributed by atoms with Crippen molar-refractivity contribution in [2.75, 3.05) is 36.4 Å². The van der Waals surface area contributed by atoms with Crippen LogP contribution in [-0.2, 0) is 0 Å². The Labute approximate surface area is 166 Å². The first-order valence-electron chi connectivity index (χ1n) is 9.10. The number of nitrogens with one attached hydrogen (secondary N) is 1. The highest BCUT2D eigenvalue weighted by Gasteiger charge is 2.27. The van der Waals surface area contributed by atoms with Gasteiger partial charge in [-0.3, -0.25) is 4.79 Å². The van der Waals surface area contributed by atoms with E-state index in [1.165, 1.54) is 17.3 Å². The molecule has 0 spiro atoms. The van der Waals surface area contributed by atoms with Crippen molar-refractivity contribution >= 4 is 23.4 Å². The standard InChI is InChI=1S/C20H18F2N6O/c21-14-4-3-5-15(22)19(14)20(29)28-10-8-27(9-11-28)18-12-17(24-13-25-18)26-16-6-1-2-7-23-16/h1-7,12-13H,8-11H2,(H,23,24,25,26). The molecule has 3 aromatic rings. The van der Waals surface area contributed by atoms with E-state index < -0.39 is 23.1 Å². The number of anilines is 3. The highest BCUT2D eigenvalue weighted by molar-refractivity contribution is 5.95. The van der Waals surface area contributed by atoms with Gasteiger partial charge in [0.05, 0.1) is 0 Å². The molecule has 29 heavy (non-hydrogen) atoms. The van der Waals surface area contributed by atoms with E-state index in [1.54, 1.807) is 12.3 Å². The fraction of sp³-hybridized carbons (Fsp3) is 0.200. The second-order valence-corrected chi connectivity index (χ2v) is 6.48. The summed E-state index contributed by atoms with van der Waals surface area (Å²) in [7, 11) is 0. The summed E-state index contributed by atoms with van der Waals surface area (Å²) in [5.41, 5.74) is -0.509. The van der Waals surface area contributed by atoms with Gasteiger partial charge < -0.3 is 15.1 Å². The van der Waals surface area contributed by atoms with E-state index in [9.17, 15) is 13.6 Å². The highest BCUT2D eigenvalue weighted by Crippen LogP contribution is 2.20. The van der Waals surface area contributed by atoms with Crippen LogP contribution in [0.25, 0.3) is 0 Å². The number of amides is 1. The molecule has 7 nitrogen and oxygen atoms in total. The average molecular weight is 396 g/mol. The van der Waals surface area contributed by atoms with Gasteiger partial charge in [0, 0.05) is 38.4 Å². The summed E-state index contributed by atoms with van der Waals surface area (Å²) in [5, 5.41) is 3.11. The van der Waals surface area contributed by atoms with Gasteiger partial charge in [0.15, 0.2) is 0 Å². The molecule has 1 aromatic carbocycles. The lowest BCUT2D eigenvalue weighted by Gasteiger charge is -2.35. The molecule has 0 atom stereocenters. The molecule has 3 heterocycles. The molecule has 2 aromatic heterocycles. The maximum absolute atomic E-state index is 13.9. The van der Waals surface area contributed by atoms with E-state index in [4.69, 9.17) is 0 Å². The Bertz CT molecular complexity index is 989. The molecule has 1 saturated heterocycles. The van der Waals surface area contributed by atoms with Crippen molar-refractivity contribution in [1.29, 1.82) is 0 Å². The van der Waals surface area contributed by atoms with E-state index in [-0.39, 0.29) is 0 Å². The van der Waals surface area contributed by atoms with Crippen molar-refractivity contribution < 1.29 is 13.6 Å². The number of piperazine rings is 1. The highest BCUT2D eigenvalue weighted by atomic mass is 19.1. The Morgan fingerprint density at radius 2 is 1.66 bits per heavy atom. The third-order valence-electron chi connectivity index (χ3n) is 4.64. The van der Waals surface area contributed by atoms with E-state index in [0.29, 0.717) is 43.6 Å². The number of aromatic nitrogens is 3. The molecule has 1 N–H and O–H groups in total. The molecule has 148 valence electrons. The van der Waals surface area contributed by atoms with Gasteiger partial charge in [0.25, 0.3) is 5.91 Å². The number of rotatable bonds is 4. The van der Waals surface area contributed by atoms with Crippen LogP contribution in [-0.4, -0.2) is 51.9 Å². The first-order chi connectivity index (χ1) is 14.1. The summed E-state index contributed by atoms with van der Waals surface area (Å²) >= 11 is 0. The Kier molecular flexibility index (Phi) is 5.28. The van der Waals surface area contributed by atoms with Crippen LogP contribution in [0, 0.1) is 11.6 Å². The fourth-order valence-corrected chi connectivity index (χ4v) is 3.16. The molecular formula is C20H18F2N6O. The van der Waals surface area contributed by atoms with Crippen LogP contribution >= 0.6 is 0 Å². The topological polar surface area (TPSA) is 74.2 Å². The van der Waals surface area contributed by atoms with Gasteiger partial charge in [-0.1, -0.05) is 12.1 Å². The molecule has 1 fully saturated rings. The van der Waals surface area contributed by atoms with Crippen molar-refractivity contribution in [3.05, 3.63) is 72.2 Å². The molecular weight excluding hydrogens is 378 g/mol. The fourth-order valence-electron chi connectivity index (χ4n) is 3.16. The van der Waals surface area contributed by atoms with Crippen molar-refractivity contribution in [2.24, 2.45) is 0 Å². The van der Waals surface area contributed by atoms with Crippen LogP contribution in [0.3, 0.4) is 0 Å². The smallest absolute Gasteiger partial charge is 0.259 e. The van der Waals surface area contributed by atoms with Crippen LogP contribution < -0.4 is 10.2 Å². The first kappa shape index (κ1) is 18.7. The quantitative estimate of drug-likeness (QED) is 0.731. The molecule has 4 rings (SSSR count). The van der Waals surface area contributed by atoms with Gasteiger partial charge >= 0.3 is 0 Å². The van der Waals surface area contributed by atoms with Gasteiger partial charge in [0.2, 0.25) is 0 Å². The van der Waals surface area contributed by atoms with Gasteiger partial charge in [-0.15, -0.1) is 0 Å². The molecule has 0 aliphatic carbocycles. The zero-order chi connectivity index (χ0) is 20.2. The van der Waals surface area contributed by atoms with Gasteiger partial charge in [0.1, 0.15) is 41.0 Å². The monoisotopic (exact) mass is 396 g/mol. The summed E-state index contributed by atoms with van der Waals surface area (Å²) in [4.78, 5) is 28.7. The average Bonchev–Trinajstić information content (AvgIpc) is 2.74. The van der Waals surface area contributed by atoms with Gasteiger partial charge in [-0.05, 0) is 24.3 Å². The minimum absolute atomic E-state index is 0.333. The van der Waals surface area contributed by atoms with Crippen molar-refractivity contribution in [3.8, 4) is 0 Å². The summed E-state index contributed by atoms with van der Waals surface area (Å²) in [5.74, 6) is -0.375. The minimum Gasteiger partial charge on any atom is -0.353 e. The third-order valence-corrected chi connectivity index (χ3v) is 4.64. The maximum atomic E-state index is 13.9. The second kappa shape index (κ2) is 8.17. The lowest BCUT2D eigenvalue weighted by atomic mass is 10.1. The Morgan fingerprint density at radius 3 is 2.34 bits per heavy atom. The van der Waals surface area contributed by atoms with Crippen molar-refractivity contribution in [2.45, 2.75) is 0 Å². The number of carbonyl (C=O) groups excluding carboxylic acids is 1. The number of halogens is 2. The number of hydrogen-bond donors (Lipinski definition) is 1. The Hall–Kier alpha value is -3.62. The van der Waals surface area contributed by atoms with Gasteiger partial charge in [-0.25, -0.2) is 23.7 Å². The number of carbonyl (C=O) groups is 1. The van der Waals surface area contributed by atoms with Crippen LogP contribution in [0.4, 0.5) is 26.2 Å². The number of hydrogen-bond acceptors (Lipinski definition) is 6. The van der Waals surface area contributed by atoms with E-state index in [2.05, 4.69) is 20.3 Å². The number of benzene rings is 1. The predicted molar refractivity (Wildman–Crippen MR) is 104 cm³/mol. The second-order valence-electron chi connectivity index (χ2n) is 6.48. The summed E-state index contributed by atoms with van der Waals surface area (Å²) < 4.78 is 27.8. The summed E-state index contributed by atoms with van der Waals surface area (Å²) in [6.07, 6.45) is 3.13. The van der Waals surface area contributed by atoms with Crippen LogP contribution in [0.2, 0.25) is 0 Å². The number of pyridine rings is 1. The lowest BCUT2D eigenvalue weighted by Crippen LogP contribution is -2.49. The normalized spacial score (nSPS) is 14.0. The van der Waals surface area contributed by atoms with E-state index in [0.717, 1.165) is 12.1 Å². The summed E-state index contributed by atoms with van der Waals surface area (Å²) in [6.45, 7) is 1.64. The molecule has 1 aliphatic heterocycles. The van der Waals surface area contributed by atoms with E-state index in [1.807, 2.05) is 23.1 Å². The zero-order valence-corrected chi connectivity index (χ0v) is 15.4.